The van der Waals surface area contributed by atoms with E-state index in [1.807, 2.05) is 0 Å². The van der Waals surface area contributed by atoms with Crippen LogP contribution in [0, 0.1) is 0 Å². The molecule has 0 bridgehead atoms. The molecule has 2 aromatic heterocycles. The third-order valence-electron chi connectivity index (χ3n) is 6.34. The first-order valence-electron chi connectivity index (χ1n) is 11.1. The van der Waals surface area contributed by atoms with E-state index in [2.05, 4.69) is 60.2 Å². The number of amides is 1. The Morgan fingerprint density at radius 2 is 1.84 bits per heavy atom. The lowest BCUT2D eigenvalue weighted by Gasteiger charge is -2.29. The highest BCUT2D eigenvalue weighted by Gasteiger charge is 2.27. The topological polar surface area (TPSA) is 67.2 Å². The third-order valence-corrected chi connectivity index (χ3v) is 8.78. The summed E-state index contributed by atoms with van der Waals surface area (Å²) in [6, 6.07) is 9.01. The van der Waals surface area contributed by atoms with Gasteiger partial charge in [-0.15, -0.1) is 23.1 Å². The van der Waals surface area contributed by atoms with E-state index in [-0.39, 0.29) is 22.9 Å². The monoisotopic (exact) mass is 468 g/mol. The third kappa shape index (κ3) is 4.00. The van der Waals surface area contributed by atoms with Crippen LogP contribution in [0.5, 0.6) is 0 Å². The lowest BCUT2D eigenvalue weighted by atomic mass is 9.86. The number of benzene rings is 1. The van der Waals surface area contributed by atoms with Crippen LogP contribution in [0.1, 0.15) is 50.8 Å². The number of carbonyl (C=O) groups is 1. The van der Waals surface area contributed by atoms with Gasteiger partial charge in [0.1, 0.15) is 10.2 Å². The predicted molar refractivity (Wildman–Crippen MR) is 132 cm³/mol. The first kappa shape index (κ1) is 21.7. The molecule has 6 nitrogen and oxygen atoms in total. The molecule has 5 rings (SSSR count). The van der Waals surface area contributed by atoms with Crippen LogP contribution in [-0.2, 0) is 16.8 Å². The maximum absolute atomic E-state index is 13.4. The fourth-order valence-electron chi connectivity index (χ4n) is 4.51. The summed E-state index contributed by atoms with van der Waals surface area (Å²) >= 11 is 2.92. The normalized spacial score (nSPS) is 18.0. The summed E-state index contributed by atoms with van der Waals surface area (Å²) in [5, 5.41) is 2.89. The maximum atomic E-state index is 13.4. The summed E-state index contributed by atoms with van der Waals surface area (Å²) in [6.07, 6.45) is 4.03. The van der Waals surface area contributed by atoms with Gasteiger partial charge < -0.3 is 5.32 Å². The molecule has 0 saturated carbocycles. The highest BCUT2D eigenvalue weighted by Crippen LogP contribution is 2.42. The van der Waals surface area contributed by atoms with Crippen molar-refractivity contribution in [2.24, 2.45) is 0 Å². The van der Waals surface area contributed by atoms with E-state index in [1.54, 1.807) is 10.9 Å². The highest BCUT2D eigenvalue weighted by molar-refractivity contribution is 8.02. The highest BCUT2D eigenvalue weighted by atomic mass is 32.2. The number of likely N-dealkylation sites (tertiary alicyclic amines) is 1. The number of aromatic nitrogens is 2. The van der Waals surface area contributed by atoms with Gasteiger partial charge in [-0.3, -0.25) is 19.1 Å². The van der Waals surface area contributed by atoms with Crippen molar-refractivity contribution in [2.45, 2.75) is 55.8 Å². The van der Waals surface area contributed by atoms with Crippen LogP contribution in [-0.4, -0.2) is 39.2 Å². The van der Waals surface area contributed by atoms with E-state index < -0.39 is 0 Å². The van der Waals surface area contributed by atoms with E-state index in [1.165, 1.54) is 47.1 Å². The average molecular weight is 469 g/mol. The van der Waals surface area contributed by atoms with Crippen molar-refractivity contribution < 1.29 is 4.79 Å². The van der Waals surface area contributed by atoms with Crippen LogP contribution in [0.3, 0.4) is 0 Å². The fraction of sp³-hybridized carbons (Fsp3) is 0.458. The molecule has 1 saturated heterocycles. The van der Waals surface area contributed by atoms with Gasteiger partial charge in [-0.05, 0) is 42.5 Å². The molecule has 168 valence electrons. The van der Waals surface area contributed by atoms with Gasteiger partial charge in [-0.1, -0.05) is 45.0 Å². The molecule has 1 aromatic carbocycles. The number of rotatable bonds is 4. The Morgan fingerprint density at radius 3 is 2.53 bits per heavy atom. The van der Waals surface area contributed by atoms with Gasteiger partial charge in [0.05, 0.1) is 28.0 Å². The van der Waals surface area contributed by atoms with Crippen LogP contribution >= 0.6 is 23.1 Å². The Bertz CT molecular complexity index is 1220. The van der Waals surface area contributed by atoms with Crippen molar-refractivity contribution in [3.8, 4) is 0 Å². The summed E-state index contributed by atoms with van der Waals surface area (Å²) in [5.41, 5.74) is 3.94. The summed E-state index contributed by atoms with van der Waals surface area (Å²) in [4.78, 5) is 32.3. The Morgan fingerprint density at radius 1 is 1.12 bits per heavy atom. The van der Waals surface area contributed by atoms with E-state index in [4.69, 9.17) is 0 Å². The summed E-state index contributed by atoms with van der Waals surface area (Å²) in [6.45, 7) is 9.34. The molecule has 1 unspecified atom stereocenters. The zero-order valence-electron chi connectivity index (χ0n) is 18.7. The molecule has 1 amide bonds. The summed E-state index contributed by atoms with van der Waals surface area (Å²) < 4.78 is 3.34. The first-order chi connectivity index (χ1) is 15.3. The standard InChI is InChI=1S/C24H28N4O2S2/c1-24(2,3)16-8-6-15(7-9-16)17(27-10-4-5-11-27)12-28-14-25-19-20-23(31-13-18(29)26-20)32-21(19)22(28)30/h6-9,14,17H,4-5,10-13H2,1-3H3,(H,26,29). The Labute approximate surface area is 196 Å². The summed E-state index contributed by atoms with van der Waals surface area (Å²) in [5.74, 6) is 0.344. The average Bonchev–Trinajstić information content (AvgIpc) is 3.41. The lowest BCUT2D eigenvalue weighted by molar-refractivity contribution is -0.113. The van der Waals surface area contributed by atoms with Crippen LogP contribution in [0.2, 0.25) is 0 Å². The van der Waals surface area contributed by atoms with E-state index in [9.17, 15) is 9.59 Å². The van der Waals surface area contributed by atoms with Crippen molar-refractivity contribution in [3.05, 3.63) is 52.1 Å². The number of thiophene rings is 1. The summed E-state index contributed by atoms with van der Waals surface area (Å²) in [7, 11) is 0. The minimum absolute atomic E-state index is 0.0280. The fourth-order valence-corrected chi connectivity index (χ4v) is 6.69. The molecule has 0 radical (unpaired) electrons. The first-order valence-corrected chi connectivity index (χ1v) is 12.9. The van der Waals surface area contributed by atoms with Gasteiger partial charge in [0.2, 0.25) is 5.91 Å². The van der Waals surface area contributed by atoms with E-state index >= 15 is 0 Å². The predicted octanol–water partition coefficient (Wildman–Crippen LogP) is 4.64. The molecule has 4 heterocycles. The number of nitrogens with zero attached hydrogens (tertiary/aromatic N) is 3. The minimum Gasteiger partial charge on any atom is -0.322 e. The van der Waals surface area contributed by atoms with Gasteiger partial charge >= 0.3 is 0 Å². The molecule has 3 aromatic rings. The maximum Gasteiger partial charge on any atom is 0.271 e. The molecule has 1 atom stereocenters. The number of fused-ring (bicyclic) bond motifs is 3. The molecule has 2 aliphatic heterocycles. The van der Waals surface area contributed by atoms with Gasteiger partial charge in [-0.25, -0.2) is 4.98 Å². The molecule has 0 spiro atoms. The zero-order chi connectivity index (χ0) is 22.5. The molecule has 1 N–H and O–H groups in total. The SMILES string of the molecule is CC(C)(C)c1ccc(C(Cn2cnc3c4c(sc3c2=O)SCC(=O)N4)N2CCCC2)cc1. The van der Waals surface area contributed by atoms with Crippen LogP contribution in [0.4, 0.5) is 5.69 Å². The zero-order valence-corrected chi connectivity index (χ0v) is 20.3. The number of carbonyl (C=O) groups excluding carboxylic acids is 1. The van der Waals surface area contributed by atoms with Gasteiger partial charge in [0.25, 0.3) is 5.56 Å². The Hall–Kier alpha value is -2.16. The van der Waals surface area contributed by atoms with Crippen molar-refractivity contribution in [1.82, 2.24) is 14.5 Å². The van der Waals surface area contributed by atoms with Crippen molar-refractivity contribution in [1.29, 1.82) is 0 Å². The van der Waals surface area contributed by atoms with Gasteiger partial charge in [0.15, 0.2) is 0 Å². The quantitative estimate of drug-likeness (QED) is 0.604. The molecule has 32 heavy (non-hydrogen) atoms. The number of hydrogen-bond acceptors (Lipinski definition) is 6. The van der Waals surface area contributed by atoms with Gasteiger partial charge in [-0.2, -0.15) is 0 Å². The van der Waals surface area contributed by atoms with Crippen molar-refractivity contribution >= 4 is 44.9 Å². The molecular formula is C24H28N4O2S2. The molecule has 0 aliphatic carbocycles. The van der Waals surface area contributed by atoms with Crippen molar-refractivity contribution in [3.63, 3.8) is 0 Å². The molecule has 8 heteroatoms. The smallest absolute Gasteiger partial charge is 0.271 e. The van der Waals surface area contributed by atoms with E-state index in [0.29, 0.717) is 28.2 Å². The van der Waals surface area contributed by atoms with Crippen LogP contribution in [0.25, 0.3) is 10.2 Å². The number of nitrogens with one attached hydrogen (secondary N) is 1. The largest absolute Gasteiger partial charge is 0.322 e. The number of thioether (sulfide) groups is 1. The molecule has 2 aliphatic rings. The van der Waals surface area contributed by atoms with Crippen LogP contribution < -0.4 is 10.9 Å². The Kier molecular flexibility index (Phi) is 5.63. The van der Waals surface area contributed by atoms with Gasteiger partial charge in [0, 0.05) is 6.54 Å². The van der Waals surface area contributed by atoms with Crippen LogP contribution in [0.15, 0.2) is 39.6 Å². The molecular weight excluding hydrogens is 440 g/mol. The number of anilines is 1. The molecule has 1 fully saturated rings. The Balaban J connectivity index is 1.50. The lowest BCUT2D eigenvalue weighted by Crippen LogP contribution is -2.33. The van der Waals surface area contributed by atoms with E-state index in [0.717, 1.165) is 17.3 Å². The van der Waals surface area contributed by atoms with Crippen molar-refractivity contribution in [2.75, 3.05) is 24.2 Å². The second kappa shape index (κ2) is 8.32. The minimum atomic E-state index is -0.0408. The number of hydrogen-bond donors (Lipinski definition) is 1. The second-order valence-electron chi connectivity index (χ2n) is 9.61. The second-order valence-corrected chi connectivity index (χ2v) is 11.9.